The molecule has 348 valence electrons. The van der Waals surface area contributed by atoms with Crippen LogP contribution in [0.4, 0.5) is 0 Å². The lowest BCUT2D eigenvalue weighted by atomic mass is 9.55. The number of pyridine rings is 1. The number of aromatic nitrogens is 1. The number of allylic oxidation sites excluding steroid dienone is 1. The molecule has 3 aromatic carbocycles. The van der Waals surface area contributed by atoms with Gasteiger partial charge in [0, 0.05) is 60.6 Å². The van der Waals surface area contributed by atoms with Gasteiger partial charge >= 0.3 is 0 Å². The van der Waals surface area contributed by atoms with E-state index in [1.54, 1.807) is 46.5 Å². The Kier molecular flexibility index (Phi) is 15.7. The third kappa shape index (κ3) is 9.91. The number of thioether (sulfide) groups is 1. The fourth-order valence-electron chi connectivity index (χ4n) is 10.5. The van der Waals surface area contributed by atoms with Crippen LogP contribution in [0.15, 0.2) is 118 Å². The van der Waals surface area contributed by atoms with Crippen molar-refractivity contribution in [2.24, 2.45) is 22.9 Å². The number of hydrogen-bond donors (Lipinski definition) is 2. The predicted molar refractivity (Wildman–Crippen MR) is 254 cm³/mol. The highest BCUT2D eigenvalue weighted by Crippen LogP contribution is 2.62. The third-order valence-electron chi connectivity index (χ3n) is 13.3. The predicted octanol–water partition coefficient (Wildman–Crippen LogP) is 10.0. The van der Waals surface area contributed by atoms with Gasteiger partial charge in [0.25, 0.3) is 0 Å². The Hall–Kier alpha value is -4.28. The Labute approximate surface area is 388 Å². The number of oxime groups is 1. The number of nitrogens with zero attached hydrogens (tertiary/aromatic N) is 3. The van der Waals surface area contributed by atoms with Gasteiger partial charge in [-0.15, -0.1) is 18.3 Å². The van der Waals surface area contributed by atoms with Gasteiger partial charge < -0.3 is 34.0 Å². The lowest BCUT2D eigenvalue weighted by Gasteiger charge is -2.59. The average molecular weight is 926 g/mol. The van der Waals surface area contributed by atoms with Crippen molar-refractivity contribution in [2.45, 2.75) is 111 Å². The third-order valence-corrected chi connectivity index (χ3v) is 16.0. The maximum Gasteiger partial charge on any atom is 0.245 e. The maximum atomic E-state index is 15.6. The molecule has 2 aliphatic heterocycles. The molecule has 0 bridgehead atoms. The van der Waals surface area contributed by atoms with Crippen LogP contribution >= 0.6 is 11.8 Å². The molecule has 4 aliphatic rings. The molecule has 2 N–H and O–H groups in total. The van der Waals surface area contributed by atoms with Gasteiger partial charge in [-0.3, -0.25) is 4.98 Å². The van der Waals surface area contributed by atoms with E-state index in [9.17, 15) is 10.2 Å². The van der Waals surface area contributed by atoms with Crippen LogP contribution in [0.1, 0.15) is 89.0 Å². The number of fused-ring (bicyclic) bond motifs is 3. The number of para-hydroxylation sites is 1. The Morgan fingerprint density at radius 1 is 1.00 bits per heavy atom. The van der Waals surface area contributed by atoms with E-state index >= 15 is 8.42 Å². The average Bonchev–Trinajstić information content (AvgIpc) is 3.33. The first-order valence-corrected chi connectivity index (χ1v) is 26.0. The summed E-state index contributed by atoms with van der Waals surface area (Å²) in [4.78, 5) is 12.1. The van der Waals surface area contributed by atoms with Crippen LogP contribution in [0.3, 0.4) is 0 Å². The van der Waals surface area contributed by atoms with Gasteiger partial charge in [-0.2, -0.15) is 4.31 Å². The molecule has 14 heteroatoms. The van der Waals surface area contributed by atoms with Crippen LogP contribution in [-0.2, 0) is 24.3 Å². The Balaban J connectivity index is 1.36. The molecule has 2 aliphatic carbocycles. The largest absolute Gasteiger partial charge is 0.460 e. The van der Waals surface area contributed by atoms with Crippen molar-refractivity contribution in [1.29, 1.82) is 0 Å². The van der Waals surface area contributed by atoms with Gasteiger partial charge in [0.2, 0.25) is 22.1 Å². The van der Waals surface area contributed by atoms with Gasteiger partial charge in [0.15, 0.2) is 0 Å². The van der Waals surface area contributed by atoms with Crippen molar-refractivity contribution in [2.75, 3.05) is 39.2 Å². The Bertz CT molecular complexity index is 2420. The number of aliphatic hydroxyl groups is 2. The standard InChI is InChI=1S/C51H63N3O9S2/c1-4-27-54(65(57,58)45-18-12-15-35-16-13-26-52-50(35)45)46-34-43(53-63-47-19-8-11-31-59-47)41-32-36(14-6-9-28-55)40(17-7-10-29-56)48-42-33-38(61-37-20-23-39(64-3)24-21-37)22-25-44(42)62-51(46,49(41)48)60-30-5-2/h5,12-13,15-16,18,20-26,32-33,36,40,46-49,55-56H,2,4,6-11,14,17,19,27-31,34H2,1,3H3. The number of sulfonamides is 1. The topological polar surface area (TPSA) is 149 Å². The molecule has 7 atom stereocenters. The molecule has 8 rings (SSSR count). The minimum absolute atomic E-state index is 0.000516. The molecule has 2 fully saturated rings. The van der Waals surface area contributed by atoms with Crippen molar-refractivity contribution in [3.05, 3.63) is 109 Å². The van der Waals surface area contributed by atoms with E-state index in [-0.39, 0.29) is 55.4 Å². The van der Waals surface area contributed by atoms with Gasteiger partial charge in [0.05, 0.1) is 36.4 Å². The van der Waals surface area contributed by atoms with Gasteiger partial charge in [0.1, 0.15) is 22.1 Å². The number of rotatable bonds is 21. The molecule has 1 saturated heterocycles. The van der Waals surface area contributed by atoms with E-state index in [1.165, 1.54) is 0 Å². The second kappa shape index (κ2) is 21.6. The Morgan fingerprint density at radius 3 is 2.52 bits per heavy atom. The second-order valence-electron chi connectivity index (χ2n) is 17.4. The smallest absolute Gasteiger partial charge is 0.245 e. The van der Waals surface area contributed by atoms with Crippen molar-refractivity contribution in [3.63, 3.8) is 0 Å². The molecule has 4 aromatic rings. The summed E-state index contributed by atoms with van der Waals surface area (Å²) in [7, 11) is -4.29. The van der Waals surface area contributed by atoms with Gasteiger partial charge in [-0.05, 0) is 123 Å². The maximum absolute atomic E-state index is 15.6. The second-order valence-corrected chi connectivity index (χ2v) is 20.1. The lowest BCUT2D eigenvalue weighted by Crippen LogP contribution is -2.70. The van der Waals surface area contributed by atoms with Crippen molar-refractivity contribution < 1.29 is 42.4 Å². The molecule has 0 spiro atoms. The van der Waals surface area contributed by atoms with Crippen LogP contribution < -0.4 is 9.47 Å². The quantitative estimate of drug-likeness (QED) is 0.0356. The molecule has 65 heavy (non-hydrogen) atoms. The molecule has 1 aromatic heterocycles. The summed E-state index contributed by atoms with van der Waals surface area (Å²) in [6, 6.07) is 21.9. The zero-order valence-electron chi connectivity index (χ0n) is 37.6. The SMILES string of the molecule is C=CCOC12Oc3ccc(Oc4ccc(SC)cc4)cc3C3C(CCCCO)C(CCCCO)C=C(C(=NOC4CCCCO4)CC1N(CCC)S(=O)(=O)c1cccc4cccnc14)C32. The van der Waals surface area contributed by atoms with Crippen molar-refractivity contribution in [3.8, 4) is 17.2 Å². The molecular formula is C51H63N3O9S2. The number of aliphatic hydroxyl groups excluding tert-OH is 2. The summed E-state index contributed by atoms with van der Waals surface area (Å²) in [6.45, 7) is 7.01. The van der Waals surface area contributed by atoms with Gasteiger partial charge in [-0.25, -0.2) is 8.42 Å². The van der Waals surface area contributed by atoms with E-state index in [0.29, 0.717) is 66.2 Å². The Morgan fingerprint density at radius 2 is 1.78 bits per heavy atom. The first-order valence-electron chi connectivity index (χ1n) is 23.3. The molecule has 3 heterocycles. The summed E-state index contributed by atoms with van der Waals surface area (Å²) in [5.41, 5.74) is 2.83. The minimum Gasteiger partial charge on any atom is -0.460 e. The number of benzene rings is 3. The number of unbranched alkanes of at least 4 members (excludes halogenated alkanes) is 2. The van der Waals surface area contributed by atoms with Gasteiger partial charge in [-0.1, -0.05) is 55.3 Å². The molecule has 12 nitrogen and oxygen atoms in total. The van der Waals surface area contributed by atoms with Crippen LogP contribution in [0.2, 0.25) is 0 Å². The van der Waals surface area contributed by atoms with E-state index in [0.717, 1.165) is 54.6 Å². The van der Waals surface area contributed by atoms with Crippen molar-refractivity contribution >= 4 is 38.4 Å². The summed E-state index contributed by atoms with van der Waals surface area (Å²) < 4.78 is 59.9. The summed E-state index contributed by atoms with van der Waals surface area (Å²) in [6.07, 6.45) is 14.8. The van der Waals surface area contributed by atoms with E-state index in [4.69, 9.17) is 28.9 Å². The summed E-state index contributed by atoms with van der Waals surface area (Å²) >= 11 is 1.67. The number of ether oxygens (including phenoxy) is 4. The lowest BCUT2D eigenvalue weighted by molar-refractivity contribution is -0.251. The number of hydrogen-bond acceptors (Lipinski definition) is 12. The first kappa shape index (κ1) is 47.2. The minimum atomic E-state index is -4.29. The van der Waals surface area contributed by atoms with Crippen LogP contribution in [0, 0.1) is 17.8 Å². The highest BCUT2D eigenvalue weighted by molar-refractivity contribution is 7.98. The van der Waals surface area contributed by atoms with Crippen LogP contribution in [0.25, 0.3) is 10.9 Å². The molecule has 0 radical (unpaired) electrons. The van der Waals surface area contributed by atoms with E-state index < -0.39 is 34.1 Å². The molecular weight excluding hydrogens is 863 g/mol. The summed E-state index contributed by atoms with van der Waals surface area (Å²) in [5, 5.41) is 25.7. The fourth-order valence-corrected chi connectivity index (χ4v) is 12.8. The molecule has 0 amide bonds. The zero-order valence-corrected chi connectivity index (χ0v) is 39.2. The fraction of sp³-hybridized carbons (Fsp3) is 0.490. The first-order chi connectivity index (χ1) is 31.8. The van der Waals surface area contributed by atoms with Crippen LogP contribution in [0.5, 0.6) is 17.2 Å². The monoisotopic (exact) mass is 925 g/mol. The normalized spacial score (nSPS) is 25.7. The highest BCUT2D eigenvalue weighted by Gasteiger charge is 2.66. The van der Waals surface area contributed by atoms with Crippen molar-refractivity contribution in [1.82, 2.24) is 9.29 Å². The zero-order chi connectivity index (χ0) is 45.4. The van der Waals surface area contributed by atoms with Crippen LogP contribution in [-0.4, -0.2) is 91.0 Å². The molecule has 7 unspecified atom stereocenters. The molecule has 1 saturated carbocycles. The van der Waals surface area contributed by atoms with E-state index in [1.807, 2.05) is 61.7 Å². The summed E-state index contributed by atoms with van der Waals surface area (Å²) in [5.74, 6) is -0.468. The highest BCUT2D eigenvalue weighted by atomic mass is 32.2. The van der Waals surface area contributed by atoms with E-state index in [2.05, 4.69) is 23.7 Å².